The molecule has 0 aromatic rings. The average Bonchev–Trinajstić information content (AvgIpc) is 2.82. The highest BCUT2D eigenvalue weighted by Gasteiger charge is 2.28. The Morgan fingerprint density at radius 3 is 2.74 bits per heavy atom. The first kappa shape index (κ1) is 14.2. The molecule has 1 saturated heterocycles. The summed E-state index contributed by atoms with van der Waals surface area (Å²) in [5.41, 5.74) is 0. The lowest BCUT2D eigenvalue weighted by atomic mass is 9.99. The van der Waals surface area contributed by atoms with Crippen LogP contribution >= 0.6 is 0 Å². The lowest BCUT2D eigenvalue weighted by molar-refractivity contribution is -0.143. The number of piperidine rings is 1. The molecule has 1 saturated carbocycles. The molecule has 108 valence electrons. The van der Waals surface area contributed by atoms with Crippen molar-refractivity contribution in [3.63, 3.8) is 0 Å². The lowest BCUT2D eigenvalue weighted by Crippen LogP contribution is -2.47. The molecule has 5 nitrogen and oxygen atoms in total. The predicted octanol–water partition coefficient (Wildman–Crippen LogP) is 1.93. The summed E-state index contributed by atoms with van der Waals surface area (Å²) in [4.78, 5) is 24.6. The van der Waals surface area contributed by atoms with Crippen LogP contribution in [0.1, 0.15) is 39.0 Å². The van der Waals surface area contributed by atoms with E-state index in [-0.39, 0.29) is 6.03 Å². The average molecular weight is 268 g/mol. The second-order valence-electron chi connectivity index (χ2n) is 6.09. The Labute approximate surface area is 114 Å². The Bertz CT molecular complexity index is 346. The molecular formula is C14H24N2O3. The molecule has 19 heavy (non-hydrogen) atoms. The number of rotatable bonds is 3. The third-order valence-corrected chi connectivity index (χ3v) is 4.40. The quantitative estimate of drug-likeness (QED) is 0.821. The molecule has 2 aliphatic rings. The standard InChI is InChI=1S/C14H24N2O3/c1-10-4-5-11(7-10)8-15-14(19)16-6-2-3-12(9-16)13(17)18/h10-12H,2-9H2,1H3,(H,15,19)(H,17,18). The van der Waals surface area contributed by atoms with E-state index < -0.39 is 11.9 Å². The van der Waals surface area contributed by atoms with Gasteiger partial charge < -0.3 is 15.3 Å². The van der Waals surface area contributed by atoms with Crippen molar-refractivity contribution in [2.24, 2.45) is 17.8 Å². The van der Waals surface area contributed by atoms with Gasteiger partial charge in [-0.1, -0.05) is 13.3 Å². The summed E-state index contributed by atoms with van der Waals surface area (Å²) in [6.07, 6.45) is 5.10. The highest BCUT2D eigenvalue weighted by Crippen LogP contribution is 2.29. The first-order valence-corrected chi connectivity index (χ1v) is 7.32. The van der Waals surface area contributed by atoms with Gasteiger partial charge in [0.2, 0.25) is 0 Å². The van der Waals surface area contributed by atoms with Crippen molar-refractivity contribution in [3.05, 3.63) is 0 Å². The normalized spacial score (nSPS) is 31.2. The topological polar surface area (TPSA) is 69.6 Å². The summed E-state index contributed by atoms with van der Waals surface area (Å²) >= 11 is 0. The first-order chi connectivity index (χ1) is 9.06. The fraction of sp³-hybridized carbons (Fsp3) is 0.857. The molecular weight excluding hydrogens is 244 g/mol. The van der Waals surface area contributed by atoms with Gasteiger partial charge in [-0.25, -0.2) is 4.79 Å². The van der Waals surface area contributed by atoms with Gasteiger partial charge in [-0.15, -0.1) is 0 Å². The molecule has 2 amide bonds. The van der Waals surface area contributed by atoms with Crippen molar-refractivity contribution in [1.82, 2.24) is 10.2 Å². The molecule has 0 aromatic heterocycles. The van der Waals surface area contributed by atoms with Gasteiger partial charge in [0.1, 0.15) is 0 Å². The van der Waals surface area contributed by atoms with Crippen molar-refractivity contribution >= 4 is 12.0 Å². The van der Waals surface area contributed by atoms with Crippen LogP contribution in [0.2, 0.25) is 0 Å². The van der Waals surface area contributed by atoms with Gasteiger partial charge >= 0.3 is 12.0 Å². The largest absolute Gasteiger partial charge is 0.481 e. The summed E-state index contributed by atoms with van der Waals surface area (Å²) in [6, 6.07) is -0.0921. The predicted molar refractivity (Wildman–Crippen MR) is 71.8 cm³/mol. The second kappa shape index (κ2) is 6.26. The van der Waals surface area contributed by atoms with E-state index in [4.69, 9.17) is 5.11 Å². The molecule has 0 aromatic carbocycles. The molecule has 3 unspecified atom stereocenters. The minimum absolute atomic E-state index is 0.0921. The van der Waals surface area contributed by atoms with Crippen molar-refractivity contribution < 1.29 is 14.7 Å². The SMILES string of the molecule is CC1CCC(CNC(=O)N2CCCC(C(=O)O)C2)C1. The molecule has 2 rings (SSSR count). The zero-order valence-electron chi connectivity index (χ0n) is 11.6. The summed E-state index contributed by atoms with van der Waals surface area (Å²) in [5, 5.41) is 12.0. The number of aliphatic carboxylic acids is 1. The van der Waals surface area contributed by atoms with Gasteiger partial charge in [0.05, 0.1) is 5.92 Å². The van der Waals surface area contributed by atoms with Crippen LogP contribution in [-0.2, 0) is 4.79 Å². The van der Waals surface area contributed by atoms with Crippen LogP contribution in [0.3, 0.4) is 0 Å². The van der Waals surface area contributed by atoms with Crippen LogP contribution in [0.5, 0.6) is 0 Å². The summed E-state index contributed by atoms with van der Waals surface area (Å²) < 4.78 is 0. The molecule has 5 heteroatoms. The molecule has 1 aliphatic heterocycles. The zero-order valence-corrected chi connectivity index (χ0v) is 11.6. The Morgan fingerprint density at radius 1 is 1.32 bits per heavy atom. The van der Waals surface area contributed by atoms with E-state index >= 15 is 0 Å². The Kier molecular flexibility index (Phi) is 4.66. The number of likely N-dealkylation sites (tertiary alicyclic amines) is 1. The van der Waals surface area contributed by atoms with Gasteiger partial charge in [0.15, 0.2) is 0 Å². The number of carboxylic acid groups (broad SMARTS) is 1. The van der Waals surface area contributed by atoms with Crippen LogP contribution < -0.4 is 5.32 Å². The van der Waals surface area contributed by atoms with Gasteiger partial charge in [-0.2, -0.15) is 0 Å². The molecule has 0 radical (unpaired) electrons. The van der Waals surface area contributed by atoms with E-state index in [0.29, 0.717) is 25.4 Å². The lowest BCUT2D eigenvalue weighted by Gasteiger charge is -2.31. The van der Waals surface area contributed by atoms with E-state index in [9.17, 15) is 9.59 Å². The number of amides is 2. The zero-order chi connectivity index (χ0) is 13.8. The fourth-order valence-corrected chi connectivity index (χ4v) is 3.22. The van der Waals surface area contributed by atoms with E-state index in [1.54, 1.807) is 4.90 Å². The van der Waals surface area contributed by atoms with Gasteiger partial charge in [-0.05, 0) is 37.5 Å². The van der Waals surface area contributed by atoms with E-state index in [1.165, 1.54) is 19.3 Å². The molecule has 1 aliphatic carbocycles. The van der Waals surface area contributed by atoms with Crippen LogP contribution in [0.25, 0.3) is 0 Å². The summed E-state index contributed by atoms with van der Waals surface area (Å²) in [7, 11) is 0. The highest BCUT2D eigenvalue weighted by atomic mass is 16.4. The monoisotopic (exact) mass is 268 g/mol. The Balaban J connectivity index is 1.74. The molecule has 0 spiro atoms. The smallest absolute Gasteiger partial charge is 0.317 e. The van der Waals surface area contributed by atoms with Crippen LogP contribution in [0.15, 0.2) is 0 Å². The molecule has 0 bridgehead atoms. The number of hydrogen-bond donors (Lipinski definition) is 2. The minimum atomic E-state index is -0.790. The molecule has 1 heterocycles. The minimum Gasteiger partial charge on any atom is -0.481 e. The van der Waals surface area contributed by atoms with Crippen LogP contribution in [0.4, 0.5) is 4.79 Å². The third-order valence-electron chi connectivity index (χ3n) is 4.40. The van der Waals surface area contributed by atoms with E-state index in [0.717, 1.165) is 18.9 Å². The number of carbonyl (C=O) groups excluding carboxylic acids is 1. The molecule has 3 atom stereocenters. The van der Waals surface area contributed by atoms with Crippen LogP contribution in [0, 0.1) is 17.8 Å². The number of carbonyl (C=O) groups is 2. The van der Waals surface area contributed by atoms with Crippen molar-refractivity contribution in [3.8, 4) is 0 Å². The first-order valence-electron chi connectivity index (χ1n) is 7.32. The second-order valence-corrected chi connectivity index (χ2v) is 6.09. The summed E-state index contributed by atoms with van der Waals surface area (Å²) in [6.45, 7) is 4.01. The van der Waals surface area contributed by atoms with Gasteiger partial charge in [0, 0.05) is 19.6 Å². The number of nitrogens with one attached hydrogen (secondary N) is 1. The number of nitrogens with zero attached hydrogens (tertiary/aromatic N) is 1. The van der Waals surface area contributed by atoms with Crippen molar-refractivity contribution in [2.45, 2.75) is 39.0 Å². The maximum atomic E-state index is 12.0. The Hall–Kier alpha value is -1.26. The van der Waals surface area contributed by atoms with Crippen molar-refractivity contribution in [2.75, 3.05) is 19.6 Å². The maximum Gasteiger partial charge on any atom is 0.317 e. The number of hydrogen-bond acceptors (Lipinski definition) is 2. The number of carboxylic acids is 1. The Morgan fingerprint density at radius 2 is 2.11 bits per heavy atom. The molecule has 2 N–H and O–H groups in total. The van der Waals surface area contributed by atoms with Crippen LogP contribution in [-0.4, -0.2) is 41.6 Å². The summed E-state index contributed by atoms with van der Waals surface area (Å²) in [5.74, 6) is 0.181. The van der Waals surface area contributed by atoms with Crippen molar-refractivity contribution in [1.29, 1.82) is 0 Å². The van der Waals surface area contributed by atoms with Gasteiger partial charge in [-0.3, -0.25) is 4.79 Å². The fourth-order valence-electron chi connectivity index (χ4n) is 3.22. The van der Waals surface area contributed by atoms with Gasteiger partial charge in [0.25, 0.3) is 0 Å². The van der Waals surface area contributed by atoms with E-state index in [1.807, 2.05) is 0 Å². The third kappa shape index (κ3) is 3.85. The number of urea groups is 1. The van der Waals surface area contributed by atoms with E-state index in [2.05, 4.69) is 12.2 Å². The molecule has 2 fully saturated rings. The maximum absolute atomic E-state index is 12.0. The highest BCUT2D eigenvalue weighted by molar-refractivity contribution is 5.76.